The number of pyridine rings is 1. The van der Waals surface area contributed by atoms with E-state index in [9.17, 15) is 0 Å². The summed E-state index contributed by atoms with van der Waals surface area (Å²) in [5.41, 5.74) is 3.84. The molecule has 0 bridgehead atoms. The lowest BCUT2D eigenvalue weighted by atomic mass is 10.2. The zero-order chi connectivity index (χ0) is 9.80. The van der Waals surface area contributed by atoms with Crippen LogP contribution in [0.4, 0.5) is 5.69 Å². The van der Waals surface area contributed by atoms with E-state index < -0.39 is 0 Å². The second-order valence-electron chi connectivity index (χ2n) is 3.17. The van der Waals surface area contributed by atoms with Gasteiger partial charge in [-0.25, -0.2) is 0 Å². The van der Waals surface area contributed by atoms with Gasteiger partial charge in [-0.15, -0.1) is 0 Å². The van der Waals surface area contributed by atoms with Crippen LogP contribution in [0.25, 0.3) is 0 Å². The summed E-state index contributed by atoms with van der Waals surface area (Å²) in [7, 11) is 0. The molecule has 2 aromatic rings. The number of thiophene rings is 1. The van der Waals surface area contributed by atoms with Gasteiger partial charge in [-0.1, -0.05) is 0 Å². The molecule has 0 unspecified atom stereocenters. The molecule has 2 nitrogen and oxygen atoms in total. The van der Waals surface area contributed by atoms with Crippen LogP contribution in [0, 0.1) is 6.92 Å². The fourth-order valence-corrected chi connectivity index (χ4v) is 2.09. The van der Waals surface area contributed by atoms with Crippen molar-refractivity contribution in [3.63, 3.8) is 0 Å². The van der Waals surface area contributed by atoms with Gasteiger partial charge in [0.2, 0.25) is 0 Å². The molecular weight excluding hydrogens is 192 g/mol. The van der Waals surface area contributed by atoms with Crippen LogP contribution < -0.4 is 5.32 Å². The first-order valence-corrected chi connectivity index (χ1v) is 5.46. The minimum Gasteiger partial charge on any atom is -0.381 e. The molecule has 0 aromatic carbocycles. The molecule has 0 radical (unpaired) electrons. The topological polar surface area (TPSA) is 24.9 Å². The van der Waals surface area contributed by atoms with Gasteiger partial charge in [0.05, 0.1) is 0 Å². The van der Waals surface area contributed by atoms with Crippen LogP contribution in [0.5, 0.6) is 0 Å². The molecule has 0 saturated heterocycles. The lowest BCUT2D eigenvalue weighted by Gasteiger charge is -2.04. The summed E-state index contributed by atoms with van der Waals surface area (Å²) in [5.74, 6) is 0. The Balaban J connectivity index is 1.99. The second kappa shape index (κ2) is 4.24. The predicted octanol–water partition coefficient (Wildman–Crippen LogP) is 3.06. The lowest BCUT2D eigenvalue weighted by molar-refractivity contribution is 1.13. The van der Waals surface area contributed by atoms with Crippen LogP contribution in [0.2, 0.25) is 0 Å². The molecule has 0 fully saturated rings. The molecule has 0 amide bonds. The Labute approximate surface area is 87.6 Å². The summed E-state index contributed by atoms with van der Waals surface area (Å²) in [6.45, 7) is 3.03. The number of aryl methyl sites for hydroxylation is 1. The first kappa shape index (κ1) is 9.21. The van der Waals surface area contributed by atoms with E-state index in [0.29, 0.717) is 0 Å². The number of nitrogens with zero attached hydrogens (tertiary/aromatic N) is 1. The highest BCUT2D eigenvalue weighted by Gasteiger charge is 1.98. The van der Waals surface area contributed by atoms with E-state index in [4.69, 9.17) is 0 Å². The van der Waals surface area contributed by atoms with Crippen molar-refractivity contribution in [2.75, 3.05) is 5.32 Å². The van der Waals surface area contributed by atoms with Crippen molar-refractivity contribution in [1.29, 1.82) is 0 Å². The molecule has 0 spiro atoms. The van der Waals surface area contributed by atoms with Crippen LogP contribution in [-0.4, -0.2) is 4.98 Å². The van der Waals surface area contributed by atoms with Gasteiger partial charge in [0.25, 0.3) is 0 Å². The van der Waals surface area contributed by atoms with E-state index in [1.807, 2.05) is 12.1 Å². The van der Waals surface area contributed by atoms with Gasteiger partial charge in [0.15, 0.2) is 0 Å². The Kier molecular flexibility index (Phi) is 2.79. The lowest BCUT2D eigenvalue weighted by Crippen LogP contribution is -1.99. The Morgan fingerprint density at radius 1 is 1.29 bits per heavy atom. The van der Waals surface area contributed by atoms with Crippen LogP contribution in [0.1, 0.15) is 11.1 Å². The highest BCUT2D eigenvalue weighted by molar-refractivity contribution is 7.08. The summed E-state index contributed by atoms with van der Waals surface area (Å²) in [4.78, 5) is 3.97. The van der Waals surface area contributed by atoms with Crippen LogP contribution in [0.15, 0.2) is 35.3 Å². The highest BCUT2D eigenvalue weighted by atomic mass is 32.1. The molecule has 2 rings (SSSR count). The zero-order valence-corrected chi connectivity index (χ0v) is 8.84. The van der Waals surface area contributed by atoms with Gasteiger partial charge < -0.3 is 5.32 Å². The smallest absolute Gasteiger partial charge is 0.0411 e. The zero-order valence-electron chi connectivity index (χ0n) is 8.03. The molecule has 2 aromatic heterocycles. The van der Waals surface area contributed by atoms with Crippen molar-refractivity contribution in [2.24, 2.45) is 0 Å². The Bertz CT molecular complexity index is 395. The molecular formula is C11H12N2S. The highest BCUT2D eigenvalue weighted by Crippen LogP contribution is 2.15. The maximum atomic E-state index is 3.97. The maximum Gasteiger partial charge on any atom is 0.0411 e. The third kappa shape index (κ3) is 2.12. The molecule has 14 heavy (non-hydrogen) atoms. The van der Waals surface area contributed by atoms with Crippen molar-refractivity contribution in [3.8, 4) is 0 Å². The third-order valence-electron chi connectivity index (χ3n) is 2.12. The average Bonchev–Trinajstić information content (AvgIpc) is 2.63. The van der Waals surface area contributed by atoms with E-state index in [1.54, 1.807) is 23.7 Å². The van der Waals surface area contributed by atoms with Gasteiger partial charge in [-0.2, -0.15) is 11.3 Å². The van der Waals surface area contributed by atoms with E-state index in [2.05, 4.69) is 28.0 Å². The number of nitrogens with one attached hydrogen (secondary N) is 1. The van der Waals surface area contributed by atoms with Crippen molar-refractivity contribution < 1.29 is 0 Å². The maximum absolute atomic E-state index is 3.97. The number of hydrogen-bond acceptors (Lipinski definition) is 3. The summed E-state index contributed by atoms with van der Waals surface area (Å²) in [5, 5.41) is 7.71. The summed E-state index contributed by atoms with van der Waals surface area (Å²) < 4.78 is 0. The molecule has 3 heteroatoms. The van der Waals surface area contributed by atoms with Gasteiger partial charge in [-0.05, 0) is 40.9 Å². The largest absolute Gasteiger partial charge is 0.381 e. The van der Waals surface area contributed by atoms with Crippen LogP contribution >= 0.6 is 11.3 Å². The molecule has 0 aliphatic rings. The van der Waals surface area contributed by atoms with Crippen molar-refractivity contribution in [2.45, 2.75) is 13.5 Å². The number of hydrogen-bond donors (Lipinski definition) is 1. The first-order valence-electron chi connectivity index (χ1n) is 4.52. The van der Waals surface area contributed by atoms with Crippen molar-refractivity contribution >= 4 is 17.0 Å². The number of anilines is 1. The predicted molar refractivity (Wildman–Crippen MR) is 60.6 cm³/mol. The normalized spacial score (nSPS) is 10.1. The molecule has 0 atom stereocenters. The molecule has 1 N–H and O–H groups in total. The molecule has 0 aliphatic carbocycles. The van der Waals surface area contributed by atoms with Crippen LogP contribution in [0.3, 0.4) is 0 Å². The minimum atomic E-state index is 0.888. The number of aromatic nitrogens is 1. The quantitative estimate of drug-likeness (QED) is 0.831. The average molecular weight is 204 g/mol. The van der Waals surface area contributed by atoms with E-state index in [1.165, 1.54) is 11.1 Å². The third-order valence-corrected chi connectivity index (χ3v) is 3.04. The first-order chi connectivity index (χ1) is 6.86. The molecule has 72 valence electrons. The molecule has 0 saturated carbocycles. The SMILES string of the molecule is Cc1cscc1CNc1ccncc1. The minimum absolute atomic E-state index is 0.888. The van der Waals surface area contributed by atoms with E-state index >= 15 is 0 Å². The molecule has 0 aliphatic heterocycles. The van der Waals surface area contributed by atoms with Gasteiger partial charge in [0, 0.05) is 24.6 Å². The summed E-state index contributed by atoms with van der Waals surface area (Å²) in [6.07, 6.45) is 3.59. The van der Waals surface area contributed by atoms with Gasteiger partial charge in [-0.3, -0.25) is 4.98 Å². The Hall–Kier alpha value is -1.35. The fourth-order valence-electron chi connectivity index (χ4n) is 1.23. The molecule has 2 heterocycles. The Morgan fingerprint density at radius 3 is 2.71 bits per heavy atom. The standard InChI is InChI=1S/C11H12N2S/c1-9-7-14-8-10(9)6-13-11-2-4-12-5-3-11/h2-5,7-8H,6H2,1H3,(H,12,13). The van der Waals surface area contributed by atoms with Crippen molar-refractivity contribution in [1.82, 2.24) is 4.98 Å². The second-order valence-corrected chi connectivity index (χ2v) is 3.91. The Morgan fingerprint density at radius 2 is 2.07 bits per heavy atom. The van der Waals surface area contributed by atoms with Gasteiger partial charge in [0.1, 0.15) is 0 Å². The summed E-state index contributed by atoms with van der Waals surface area (Å²) in [6, 6.07) is 3.95. The monoisotopic (exact) mass is 204 g/mol. The van der Waals surface area contributed by atoms with E-state index in [0.717, 1.165) is 12.2 Å². The van der Waals surface area contributed by atoms with Gasteiger partial charge >= 0.3 is 0 Å². The van der Waals surface area contributed by atoms with E-state index in [-0.39, 0.29) is 0 Å². The van der Waals surface area contributed by atoms with Crippen molar-refractivity contribution in [3.05, 3.63) is 46.4 Å². The summed E-state index contributed by atoms with van der Waals surface area (Å²) >= 11 is 1.75. The fraction of sp³-hybridized carbons (Fsp3) is 0.182. The number of rotatable bonds is 3. The van der Waals surface area contributed by atoms with Crippen LogP contribution in [-0.2, 0) is 6.54 Å².